The lowest BCUT2D eigenvalue weighted by Gasteiger charge is -2.23. The van der Waals surface area contributed by atoms with Crippen molar-refractivity contribution in [2.75, 3.05) is 0 Å². The van der Waals surface area contributed by atoms with Crippen molar-refractivity contribution in [3.63, 3.8) is 0 Å². The maximum Gasteiger partial charge on any atom is 0.136 e. The molecule has 7 aromatic rings. The van der Waals surface area contributed by atoms with Crippen LogP contribution in [0.4, 0.5) is 0 Å². The summed E-state index contributed by atoms with van der Waals surface area (Å²) in [4.78, 5) is 0. The minimum Gasteiger partial charge on any atom is -0.456 e. The van der Waals surface area contributed by atoms with Crippen LogP contribution in [-0.2, 0) is 0 Å². The standard InChI is InChI=1S/C35H19NO/c36-20-21-12-14-28-30-17-16-27(29-10-5-11-33(35(29)30)37-34(28)18-21)32-19-31-23-7-2-1-6-22(23)13-15-26(31)24-8-3-4-9-25(24)32/h1-19H. The first-order valence-electron chi connectivity index (χ1n) is 12.4. The Kier molecular flexibility index (Phi) is 4.04. The van der Waals surface area contributed by atoms with Crippen molar-refractivity contribution in [2.45, 2.75) is 0 Å². The molecular weight excluding hydrogens is 450 g/mol. The molecule has 1 heterocycles. The highest BCUT2D eigenvalue weighted by atomic mass is 16.5. The molecule has 2 heteroatoms. The maximum atomic E-state index is 9.37. The molecule has 0 radical (unpaired) electrons. The zero-order valence-corrected chi connectivity index (χ0v) is 19.8. The van der Waals surface area contributed by atoms with Crippen molar-refractivity contribution in [2.24, 2.45) is 0 Å². The Morgan fingerprint density at radius 1 is 0.459 bits per heavy atom. The second kappa shape index (κ2) is 7.43. The number of rotatable bonds is 1. The van der Waals surface area contributed by atoms with E-state index in [0.717, 1.165) is 33.4 Å². The average molecular weight is 470 g/mol. The third kappa shape index (κ3) is 2.80. The molecule has 2 nitrogen and oxygen atoms in total. The monoisotopic (exact) mass is 469 g/mol. The van der Waals surface area contributed by atoms with E-state index >= 15 is 0 Å². The van der Waals surface area contributed by atoms with Crippen molar-refractivity contribution in [3.8, 4) is 39.8 Å². The average Bonchev–Trinajstić information content (AvgIpc) is 2.96. The molecule has 1 aliphatic heterocycles. The summed E-state index contributed by atoms with van der Waals surface area (Å²) in [5.74, 6) is 1.56. The van der Waals surface area contributed by atoms with Gasteiger partial charge in [-0.3, -0.25) is 0 Å². The van der Waals surface area contributed by atoms with Gasteiger partial charge in [-0.15, -0.1) is 0 Å². The van der Waals surface area contributed by atoms with Gasteiger partial charge in [-0.25, -0.2) is 0 Å². The van der Waals surface area contributed by atoms with E-state index in [0.29, 0.717) is 5.56 Å². The summed E-state index contributed by atoms with van der Waals surface area (Å²) in [5.41, 5.74) is 5.15. The van der Waals surface area contributed by atoms with Crippen molar-refractivity contribution >= 4 is 43.1 Å². The van der Waals surface area contributed by atoms with Crippen LogP contribution >= 0.6 is 0 Å². The second-order valence-electron chi connectivity index (χ2n) is 9.62. The van der Waals surface area contributed by atoms with Gasteiger partial charge in [0.05, 0.1) is 11.6 Å². The molecule has 0 unspecified atom stereocenters. The third-order valence-corrected chi connectivity index (χ3v) is 7.68. The summed E-state index contributed by atoms with van der Waals surface area (Å²) in [7, 11) is 0. The van der Waals surface area contributed by atoms with Crippen LogP contribution in [0.3, 0.4) is 0 Å². The summed E-state index contributed by atoms with van der Waals surface area (Å²) in [5, 5.41) is 19.2. The summed E-state index contributed by atoms with van der Waals surface area (Å²) in [6, 6.07) is 42.8. The molecule has 0 amide bonds. The topological polar surface area (TPSA) is 33.0 Å². The van der Waals surface area contributed by atoms with Crippen LogP contribution in [0.1, 0.15) is 5.56 Å². The van der Waals surface area contributed by atoms with Crippen LogP contribution in [0.25, 0.3) is 65.3 Å². The lowest BCUT2D eigenvalue weighted by atomic mass is 9.86. The number of nitriles is 1. The molecule has 0 saturated heterocycles. The Labute approximate surface area is 213 Å². The first-order valence-corrected chi connectivity index (χ1v) is 12.4. The lowest BCUT2D eigenvalue weighted by molar-refractivity contribution is 0.487. The Morgan fingerprint density at radius 2 is 1.19 bits per heavy atom. The van der Waals surface area contributed by atoms with E-state index in [-0.39, 0.29) is 0 Å². The molecule has 0 spiro atoms. The van der Waals surface area contributed by atoms with Crippen LogP contribution in [0.5, 0.6) is 11.5 Å². The second-order valence-corrected chi connectivity index (χ2v) is 9.62. The SMILES string of the molecule is N#Cc1ccc2c(c1)Oc1cccc3c(-c4cc5c6ccccc6ccc5c5ccccc45)ccc-2c13. The van der Waals surface area contributed by atoms with Crippen LogP contribution in [0.2, 0.25) is 0 Å². The molecule has 8 rings (SSSR count). The Hall–Kier alpha value is -5.13. The van der Waals surface area contributed by atoms with Crippen molar-refractivity contribution in [1.29, 1.82) is 5.26 Å². The van der Waals surface area contributed by atoms with E-state index in [1.165, 1.54) is 43.4 Å². The first kappa shape index (κ1) is 20.1. The van der Waals surface area contributed by atoms with E-state index in [9.17, 15) is 5.26 Å². The fourth-order valence-electron chi connectivity index (χ4n) is 6.02. The maximum absolute atomic E-state index is 9.37. The first-order chi connectivity index (χ1) is 18.3. The highest BCUT2D eigenvalue weighted by Crippen LogP contribution is 2.50. The van der Waals surface area contributed by atoms with Crippen LogP contribution < -0.4 is 4.74 Å². The molecule has 0 aliphatic carbocycles. The molecule has 0 atom stereocenters. The fourth-order valence-corrected chi connectivity index (χ4v) is 6.02. The molecule has 170 valence electrons. The zero-order chi connectivity index (χ0) is 24.5. The van der Waals surface area contributed by atoms with Crippen molar-refractivity contribution in [1.82, 2.24) is 0 Å². The van der Waals surface area contributed by atoms with Gasteiger partial charge in [0.15, 0.2) is 0 Å². The number of nitrogens with zero attached hydrogens (tertiary/aromatic N) is 1. The van der Waals surface area contributed by atoms with Gasteiger partial charge in [-0.2, -0.15) is 5.26 Å². The van der Waals surface area contributed by atoms with E-state index < -0.39 is 0 Å². The normalized spacial score (nSPS) is 12.0. The smallest absolute Gasteiger partial charge is 0.136 e. The van der Waals surface area contributed by atoms with Crippen molar-refractivity contribution < 1.29 is 4.74 Å². The third-order valence-electron chi connectivity index (χ3n) is 7.68. The van der Waals surface area contributed by atoms with E-state index in [1.807, 2.05) is 24.3 Å². The number of hydrogen-bond acceptors (Lipinski definition) is 2. The summed E-state index contributed by atoms with van der Waals surface area (Å²) in [6.45, 7) is 0. The van der Waals surface area contributed by atoms with E-state index in [2.05, 4.69) is 97.1 Å². The predicted octanol–water partition coefficient (Wildman–Crippen LogP) is 9.61. The molecule has 0 N–H and O–H groups in total. The molecule has 0 saturated carbocycles. The number of fused-ring (bicyclic) bond motifs is 7. The molecular formula is C35H19NO. The summed E-state index contributed by atoms with van der Waals surface area (Å²) < 4.78 is 6.35. The fraction of sp³-hybridized carbons (Fsp3) is 0. The van der Waals surface area contributed by atoms with Crippen LogP contribution in [-0.4, -0.2) is 0 Å². The van der Waals surface area contributed by atoms with Gasteiger partial charge in [0.2, 0.25) is 0 Å². The summed E-state index contributed by atoms with van der Waals surface area (Å²) in [6.07, 6.45) is 0. The van der Waals surface area contributed by atoms with Gasteiger partial charge in [-0.05, 0) is 84.7 Å². The minimum atomic E-state index is 0.598. The van der Waals surface area contributed by atoms with Crippen LogP contribution in [0.15, 0.2) is 115 Å². The number of benzene rings is 7. The number of ether oxygens (including phenoxy) is 1. The van der Waals surface area contributed by atoms with Gasteiger partial charge in [0.25, 0.3) is 0 Å². The van der Waals surface area contributed by atoms with Crippen molar-refractivity contribution in [3.05, 3.63) is 121 Å². The zero-order valence-electron chi connectivity index (χ0n) is 19.8. The van der Waals surface area contributed by atoms with E-state index in [4.69, 9.17) is 4.74 Å². The lowest BCUT2D eigenvalue weighted by Crippen LogP contribution is -1.98. The van der Waals surface area contributed by atoms with Gasteiger partial charge in [0.1, 0.15) is 11.5 Å². The van der Waals surface area contributed by atoms with Gasteiger partial charge >= 0.3 is 0 Å². The Morgan fingerprint density at radius 3 is 2.08 bits per heavy atom. The van der Waals surface area contributed by atoms with Gasteiger partial charge < -0.3 is 4.74 Å². The minimum absolute atomic E-state index is 0.598. The molecule has 37 heavy (non-hydrogen) atoms. The largest absolute Gasteiger partial charge is 0.456 e. The molecule has 0 bridgehead atoms. The Bertz CT molecular complexity index is 2130. The van der Waals surface area contributed by atoms with Crippen LogP contribution in [0, 0.1) is 11.3 Å². The number of hydrogen-bond donors (Lipinski definition) is 0. The Balaban J connectivity index is 1.48. The molecule has 0 aromatic heterocycles. The highest BCUT2D eigenvalue weighted by Gasteiger charge is 2.23. The molecule has 1 aliphatic rings. The quantitative estimate of drug-likeness (QED) is 0.224. The summed E-state index contributed by atoms with van der Waals surface area (Å²) >= 11 is 0. The highest BCUT2D eigenvalue weighted by molar-refractivity contribution is 6.23. The predicted molar refractivity (Wildman–Crippen MR) is 152 cm³/mol. The molecule has 7 aromatic carbocycles. The van der Waals surface area contributed by atoms with E-state index in [1.54, 1.807) is 0 Å². The van der Waals surface area contributed by atoms with Gasteiger partial charge in [-0.1, -0.05) is 84.9 Å². The molecule has 0 fully saturated rings. The van der Waals surface area contributed by atoms with Gasteiger partial charge in [0, 0.05) is 10.9 Å².